The lowest BCUT2D eigenvalue weighted by molar-refractivity contribution is 0.0955. The molecule has 0 atom stereocenters. The monoisotopic (exact) mass is 393 g/mol. The van der Waals surface area contributed by atoms with Crippen molar-refractivity contribution in [3.63, 3.8) is 0 Å². The molecule has 0 unspecified atom stereocenters. The van der Waals surface area contributed by atoms with E-state index in [1.54, 1.807) is 17.5 Å². The fourth-order valence-corrected chi connectivity index (χ4v) is 3.24. The molecule has 0 spiro atoms. The molecule has 0 aliphatic heterocycles. The van der Waals surface area contributed by atoms with Crippen molar-refractivity contribution < 1.29 is 18.3 Å². The maximum atomic E-state index is 13.5. The number of hydrogen-bond donors (Lipinski definition) is 1. The number of halogens is 3. The zero-order valence-electron chi connectivity index (χ0n) is 13.5. The van der Waals surface area contributed by atoms with Gasteiger partial charge < -0.3 is 10.1 Å². The van der Waals surface area contributed by atoms with Gasteiger partial charge in [-0.2, -0.15) is 0 Å². The van der Waals surface area contributed by atoms with Crippen LogP contribution >= 0.6 is 22.9 Å². The number of ether oxygens (including phenoxy) is 1. The number of thiophene rings is 1. The van der Waals surface area contributed by atoms with E-state index in [2.05, 4.69) is 5.32 Å². The molecule has 2 aromatic carbocycles. The van der Waals surface area contributed by atoms with Gasteiger partial charge in [-0.15, -0.1) is 11.3 Å². The second-order valence-corrected chi connectivity index (χ2v) is 6.78. The molecule has 3 nitrogen and oxygen atoms in total. The van der Waals surface area contributed by atoms with Gasteiger partial charge >= 0.3 is 0 Å². The van der Waals surface area contributed by atoms with E-state index in [1.165, 1.54) is 17.4 Å². The maximum absolute atomic E-state index is 13.5. The summed E-state index contributed by atoms with van der Waals surface area (Å²) >= 11 is 7.32. The van der Waals surface area contributed by atoms with Crippen molar-refractivity contribution in [1.29, 1.82) is 0 Å². The van der Waals surface area contributed by atoms with Crippen molar-refractivity contribution in [2.75, 3.05) is 0 Å². The SMILES string of the molecule is O=C(NCc1ccccc1Cl)c1cc(COc2ccc(F)cc2F)cs1. The minimum Gasteiger partial charge on any atom is -0.486 e. The number of nitrogens with one attached hydrogen (secondary N) is 1. The van der Waals surface area contributed by atoms with Crippen molar-refractivity contribution >= 4 is 28.8 Å². The Bertz CT molecular complexity index is 929. The fraction of sp³-hybridized carbons (Fsp3) is 0.105. The second-order valence-electron chi connectivity index (χ2n) is 5.46. The molecule has 0 radical (unpaired) electrons. The zero-order chi connectivity index (χ0) is 18.5. The third kappa shape index (κ3) is 4.59. The first kappa shape index (κ1) is 18.4. The quantitative estimate of drug-likeness (QED) is 0.626. The van der Waals surface area contributed by atoms with Crippen molar-refractivity contribution in [1.82, 2.24) is 5.32 Å². The highest BCUT2D eigenvalue weighted by Gasteiger charge is 2.11. The Morgan fingerprint density at radius 2 is 1.96 bits per heavy atom. The van der Waals surface area contributed by atoms with E-state index in [0.29, 0.717) is 16.4 Å². The lowest BCUT2D eigenvalue weighted by atomic mass is 10.2. The van der Waals surface area contributed by atoms with Crippen molar-refractivity contribution in [2.24, 2.45) is 0 Å². The Morgan fingerprint density at radius 1 is 1.15 bits per heavy atom. The summed E-state index contributed by atoms with van der Waals surface area (Å²) in [6.45, 7) is 0.403. The van der Waals surface area contributed by atoms with E-state index in [1.807, 2.05) is 18.2 Å². The smallest absolute Gasteiger partial charge is 0.261 e. The molecule has 0 bridgehead atoms. The molecule has 1 amide bonds. The van der Waals surface area contributed by atoms with Crippen LogP contribution in [0.3, 0.4) is 0 Å². The molecular weight excluding hydrogens is 380 g/mol. The molecule has 0 saturated carbocycles. The number of hydrogen-bond acceptors (Lipinski definition) is 3. The normalized spacial score (nSPS) is 10.6. The van der Waals surface area contributed by atoms with Gasteiger partial charge in [-0.05, 0) is 35.2 Å². The Morgan fingerprint density at radius 3 is 2.73 bits per heavy atom. The van der Waals surface area contributed by atoms with E-state index in [9.17, 15) is 13.6 Å². The highest BCUT2D eigenvalue weighted by atomic mass is 35.5. The molecule has 0 aliphatic rings. The van der Waals surface area contributed by atoms with Gasteiger partial charge in [0.25, 0.3) is 5.91 Å². The van der Waals surface area contributed by atoms with Crippen LogP contribution in [0.15, 0.2) is 53.9 Å². The summed E-state index contributed by atoms with van der Waals surface area (Å²) in [5.41, 5.74) is 1.55. The summed E-state index contributed by atoms with van der Waals surface area (Å²) in [4.78, 5) is 12.7. The van der Waals surface area contributed by atoms with Crippen LogP contribution in [0.25, 0.3) is 0 Å². The van der Waals surface area contributed by atoms with Crippen LogP contribution in [0.1, 0.15) is 20.8 Å². The van der Waals surface area contributed by atoms with E-state index in [4.69, 9.17) is 16.3 Å². The van der Waals surface area contributed by atoms with Gasteiger partial charge in [-0.25, -0.2) is 8.78 Å². The minimum absolute atomic E-state index is 0.0395. The van der Waals surface area contributed by atoms with Gasteiger partial charge in [0.2, 0.25) is 0 Å². The summed E-state index contributed by atoms with van der Waals surface area (Å²) in [7, 11) is 0. The van der Waals surface area contributed by atoms with E-state index in [-0.39, 0.29) is 18.3 Å². The molecule has 3 aromatic rings. The van der Waals surface area contributed by atoms with Gasteiger partial charge in [0.05, 0.1) is 4.88 Å². The van der Waals surface area contributed by atoms with E-state index < -0.39 is 11.6 Å². The first-order valence-electron chi connectivity index (χ1n) is 7.70. The predicted molar refractivity (Wildman–Crippen MR) is 97.6 cm³/mol. The number of benzene rings is 2. The molecule has 1 N–H and O–H groups in total. The third-order valence-corrected chi connectivity index (χ3v) is 4.91. The Kier molecular flexibility index (Phi) is 5.85. The fourth-order valence-electron chi connectivity index (χ4n) is 2.23. The molecule has 0 fully saturated rings. The molecule has 26 heavy (non-hydrogen) atoms. The topological polar surface area (TPSA) is 38.3 Å². The third-order valence-electron chi connectivity index (χ3n) is 3.56. The lowest BCUT2D eigenvalue weighted by Crippen LogP contribution is -2.21. The van der Waals surface area contributed by atoms with Crippen LogP contribution in [0.4, 0.5) is 8.78 Å². The first-order valence-corrected chi connectivity index (χ1v) is 8.95. The first-order chi connectivity index (χ1) is 12.5. The van der Waals surface area contributed by atoms with Gasteiger partial charge in [-0.1, -0.05) is 29.8 Å². The Balaban J connectivity index is 1.57. The molecule has 0 saturated heterocycles. The number of rotatable bonds is 6. The summed E-state index contributed by atoms with van der Waals surface area (Å²) in [5, 5.41) is 5.15. The summed E-state index contributed by atoms with van der Waals surface area (Å²) in [6.07, 6.45) is 0. The highest BCUT2D eigenvalue weighted by Crippen LogP contribution is 2.21. The summed E-state index contributed by atoms with van der Waals surface area (Å²) in [6, 6.07) is 12.1. The van der Waals surface area contributed by atoms with Gasteiger partial charge in [0.15, 0.2) is 11.6 Å². The molecule has 7 heteroatoms. The maximum Gasteiger partial charge on any atom is 0.261 e. The molecule has 0 aliphatic carbocycles. The van der Waals surface area contributed by atoms with Gasteiger partial charge in [0, 0.05) is 23.2 Å². The van der Waals surface area contributed by atoms with Crippen molar-refractivity contribution in [3.05, 3.63) is 86.6 Å². The summed E-state index contributed by atoms with van der Waals surface area (Å²) < 4.78 is 31.8. The average Bonchev–Trinajstić information content (AvgIpc) is 3.09. The van der Waals surface area contributed by atoms with E-state index in [0.717, 1.165) is 23.3 Å². The van der Waals surface area contributed by atoms with E-state index >= 15 is 0 Å². The van der Waals surface area contributed by atoms with Crippen molar-refractivity contribution in [2.45, 2.75) is 13.2 Å². The van der Waals surface area contributed by atoms with Crippen LogP contribution in [0.5, 0.6) is 5.75 Å². The Labute approximate surface area is 158 Å². The number of amides is 1. The van der Waals surface area contributed by atoms with Crippen LogP contribution in [-0.4, -0.2) is 5.91 Å². The standard InChI is InChI=1S/C19H14ClF2NO2S/c20-15-4-2-1-3-13(15)9-23-19(24)18-7-12(11-26-18)10-25-17-6-5-14(21)8-16(17)22/h1-8,11H,9-10H2,(H,23,24). The van der Waals surface area contributed by atoms with Gasteiger partial charge in [-0.3, -0.25) is 4.79 Å². The molecule has 134 valence electrons. The summed E-state index contributed by atoms with van der Waals surface area (Å²) in [5.74, 6) is -1.70. The molecular formula is C19H14ClF2NO2S. The molecule has 1 aromatic heterocycles. The number of carbonyl (C=O) groups is 1. The minimum atomic E-state index is -0.766. The number of carbonyl (C=O) groups excluding carboxylic acids is 1. The van der Waals surface area contributed by atoms with Crippen LogP contribution in [0.2, 0.25) is 5.02 Å². The van der Waals surface area contributed by atoms with Crippen LogP contribution in [0, 0.1) is 11.6 Å². The molecule has 1 heterocycles. The predicted octanol–water partition coefficient (Wildman–Crippen LogP) is 5.19. The lowest BCUT2D eigenvalue weighted by Gasteiger charge is -2.06. The largest absolute Gasteiger partial charge is 0.486 e. The Hall–Kier alpha value is -2.44. The van der Waals surface area contributed by atoms with Gasteiger partial charge in [0.1, 0.15) is 12.4 Å². The van der Waals surface area contributed by atoms with Crippen molar-refractivity contribution in [3.8, 4) is 5.75 Å². The van der Waals surface area contributed by atoms with Crippen LogP contribution < -0.4 is 10.1 Å². The molecule has 3 rings (SSSR count). The highest BCUT2D eigenvalue weighted by molar-refractivity contribution is 7.12. The zero-order valence-corrected chi connectivity index (χ0v) is 15.0. The second kappa shape index (κ2) is 8.29. The van der Waals surface area contributed by atoms with Crippen LogP contribution in [-0.2, 0) is 13.2 Å². The average molecular weight is 394 g/mol.